The molecule has 0 aromatic heterocycles. The van der Waals surface area contributed by atoms with Crippen molar-refractivity contribution in [3.63, 3.8) is 0 Å². The molecule has 0 saturated heterocycles. The molecule has 19 heavy (non-hydrogen) atoms. The topological polar surface area (TPSA) is 12.5 Å². The first kappa shape index (κ1) is 13.0. The van der Waals surface area contributed by atoms with Gasteiger partial charge in [-0.3, -0.25) is 0 Å². The molecule has 104 valence electrons. The second-order valence-electron chi connectivity index (χ2n) is 6.71. The highest BCUT2D eigenvalue weighted by Crippen LogP contribution is 2.50. The molecule has 2 nitrogen and oxygen atoms in total. The lowest BCUT2D eigenvalue weighted by atomic mass is 9.57. The Morgan fingerprint density at radius 2 is 2.11 bits per heavy atom. The van der Waals surface area contributed by atoms with Gasteiger partial charge in [0.1, 0.15) is 5.75 Å². The van der Waals surface area contributed by atoms with E-state index >= 15 is 0 Å². The van der Waals surface area contributed by atoms with Crippen LogP contribution in [0.25, 0.3) is 0 Å². The van der Waals surface area contributed by atoms with Crippen molar-refractivity contribution >= 4 is 0 Å². The summed E-state index contributed by atoms with van der Waals surface area (Å²) < 4.78 is 5.45. The number of hydrogen-bond donors (Lipinski definition) is 0. The fourth-order valence-corrected chi connectivity index (χ4v) is 4.73. The van der Waals surface area contributed by atoms with Crippen molar-refractivity contribution in [3.05, 3.63) is 29.3 Å². The van der Waals surface area contributed by atoms with Crippen molar-refractivity contribution < 1.29 is 4.74 Å². The van der Waals surface area contributed by atoms with Crippen molar-refractivity contribution in [1.82, 2.24) is 4.90 Å². The second kappa shape index (κ2) is 4.52. The summed E-state index contributed by atoms with van der Waals surface area (Å²) in [4.78, 5) is 2.45. The van der Waals surface area contributed by atoms with Crippen molar-refractivity contribution in [2.45, 2.75) is 44.1 Å². The van der Waals surface area contributed by atoms with Gasteiger partial charge in [0.05, 0.1) is 7.11 Å². The first-order valence-corrected chi connectivity index (χ1v) is 7.40. The van der Waals surface area contributed by atoms with Crippen LogP contribution < -0.4 is 4.74 Å². The highest BCUT2D eigenvalue weighted by Gasteiger charge is 2.48. The quantitative estimate of drug-likeness (QED) is 0.808. The van der Waals surface area contributed by atoms with E-state index < -0.39 is 0 Å². The van der Waals surface area contributed by atoms with Gasteiger partial charge in [-0.1, -0.05) is 19.4 Å². The van der Waals surface area contributed by atoms with E-state index in [0.29, 0.717) is 6.04 Å². The summed E-state index contributed by atoms with van der Waals surface area (Å²) in [5.41, 5.74) is 3.36. The lowest BCUT2D eigenvalue weighted by molar-refractivity contribution is 0.0624. The maximum absolute atomic E-state index is 5.45. The van der Waals surface area contributed by atoms with Crippen LogP contribution in [0.4, 0.5) is 0 Å². The van der Waals surface area contributed by atoms with Crippen LogP contribution in [-0.2, 0) is 11.8 Å². The largest absolute Gasteiger partial charge is 0.497 e. The zero-order valence-electron chi connectivity index (χ0n) is 12.6. The van der Waals surface area contributed by atoms with Crippen LogP contribution in [0.5, 0.6) is 5.75 Å². The van der Waals surface area contributed by atoms with Gasteiger partial charge in [0.25, 0.3) is 0 Å². The van der Waals surface area contributed by atoms with Crippen molar-refractivity contribution in [3.8, 4) is 5.75 Å². The average Bonchev–Trinajstić information content (AvgIpc) is 2.37. The number of rotatable bonds is 2. The van der Waals surface area contributed by atoms with Gasteiger partial charge in [0.2, 0.25) is 0 Å². The van der Waals surface area contributed by atoms with Crippen LogP contribution in [0.2, 0.25) is 0 Å². The Morgan fingerprint density at radius 1 is 1.32 bits per heavy atom. The Balaban J connectivity index is 2.13. The zero-order valence-corrected chi connectivity index (χ0v) is 12.6. The predicted molar refractivity (Wildman–Crippen MR) is 78.9 cm³/mol. The van der Waals surface area contributed by atoms with Gasteiger partial charge < -0.3 is 9.64 Å². The predicted octanol–water partition coefficient (Wildman–Crippen LogP) is 3.24. The minimum Gasteiger partial charge on any atom is -0.497 e. The number of hydrogen-bond acceptors (Lipinski definition) is 2. The maximum atomic E-state index is 5.45. The molecule has 1 fully saturated rings. The third-order valence-electron chi connectivity index (χ3n) is 5.34. The summed E-state index contributed by atoms with van der Waals surface area (Å²) in [5, 5.41) is 0. The summed E-state index contributed by atoms with van der Waals surface area (Å²) in [5.74, 6) is 1.82. The normalized spacial score (nSPS) is 33.1. The maximum Gasteiger partial charge on any atom is 0.119 e. The molecule has 0 N–H and O–H groups in total. The number of likely N-dealkylation sites (N-methyl/N-ethyl adjacent to an activating group) is 1. The summed E-state index contributed by atoms with van der Waals surface area (Å²) in [6, 6.07) is 7.36. The molecule has 2 aliphatic rings. The molecule has 2 bridgehead atoms. The molecule has 3 atom stereocenters. The molecule has 3 rings (SSSR count). The molecule has 1 aromatic carbocycles. The van der Waals surface area contributed by atoms with Crippen molar-refractivity contribution in [1.29, 1.82) is 0 Å². The number of nitrogens with zero attached hydrogens (tertiary/aromatic N) is 1. The van der Waals surface area contributed by atoms with E-state index in [0.717, 1.165) is 11.7 Å². The van der Waals surface area contributed by atoms with Crippen LogP contribution in [0, 0.1) is 5.92 Å². The molecule has 0 radical (unpaired) electrons. The third kappa shape index (κ3) is 1.88. The van der Waals surface area contributed by atoms with Gasteiger partial charge in [0, 0.05) is 11.5 Å². The van der Waals surface area contributed by atoms with Crippen LogP contribution in [0.1, 0.15) is 37.3 Å². The van der Waals surface area contributed by atoms with Crippen LogP contribution in [0.15, 0.2) is 18.2 Å². The summed E-state index contributed by atoms with van der Waals surface area (Å²) >= 11 is 0. The summed E-state index contributed by atoms with van der Waals surface area (Å²) in [7, 11) is 6.25. The standard InChI is InChI=1S/C17H25NO/c1-17-9-5-6-13(16(17)18(2)3)10-12-7-8-14(19-4)11-15(12)17/h7-8,11,13,16H,5-6,9-10H2,1-4H3. The van der Waals surface area contributed by atoms with Crippen LogP contribution in [-0.4, -0.2) is 32.1 Å². The van der Waals surface area contributed by atoms with Gasteiger partial charge >= 0.3 is 0 Å². The first-order chi connectivity index (χ1) is 9.06. The smallest absolute Gasteiger partial charge is 0.119 e. The van der Waals surface area contributed by atoms with E-state index in [1.54, 1.807) is 12.7 Å². The molecule has 3 unspecified atom stereocenters. The van der Waals surface area contributed by atoms with Crippen LogP contribution in [0.3, 0.4) is 0 Å². The lowest BCUT2D eigenvalue weighted by Gasteiger charge is -2.53. The van der Waals surface area contributed by atoms with Gasteiger partial charge in [0.15, 0.2) is 0 Å². The molecule has 0 spiro atoms. The number of fused-ring (bicyclic) bond motifs is 4. The molecule has 0 heterocycles. The average molecular weight is 259 g/mol. The molecule has 0 amide bonds. The monoisotopic (exact) mass is 259 g/mol. The SMILES string of the molecule is COc1ccc2c(c1)C1(C)CCCC(C2)C1N(C)C. The third-order valence-corrected chi connectivity index (χ3v) is 5.34. The molecular weight excluding hydrogens is 234 g/mol. The zero-order chi connectivity index (χ0) is 13.6. The Kier molecular flexibility index (Phi) is 3.09. The Bertz CT molecular complexity index is 482. The Hall–Kier alpha value is -1.02. The molecule has 0 aliphatic heterocycles. The molecular formula is C17H25NO. The summed E-state index contributed by atoms with van der Waals surface area (Å²) in [6.45, 7) is 2.46. The van der Waals surface area contributed by atoms with Gasteiger partial charge in [-0.05, 0) is 62.5 Å². The molecule has 1 aromatic rings. The fourth-order valence-electron chi connectivity index (χ4n) is 4.73. The molecule has 2 heteroatoms. The number of methoxy groups -OCH3 is 1. The number of ether oxygens (including phenoxy) is 1. The number of benzene rings is 1. The van der Waals surface area contributed by atoms with E-state index in [9.17, 15) is 0 Å². The lowest BCUT2D eigenvalue weighted by Crippen LogP contribution is -2.56. The fraction of sp³-hybridized carbons (Fsp3) is 0.647. The minimum atomic E-state index is 0.286. The van der Waals surface area contributed by atoms with E-state index in [1.807, 2.05) is 0 Å². The van der Waals surface area contributed by atoms with Crippen molar-refractivity contribution in [2.75, 3.05) is 21.2 Å². The van der Waals surface area contributed by atoms with E-state index in [2.05, 4.69) is 44.1 Å². The highest BCUT2D eigenvalue weighted by atomic mass is 16.5. The molecule has 2 aliphatic carbocycles. The van der Waals surface area contributed by atoms with E-state index in [-0.39, 0.29) is 5.41 Å². The highest BCUT2D eigenvalue weighted by molar-refractivity contribution is 5.44. The van der Waals surface area contributed by atoms with Crippen molar-refractivity contribution in [2.24, 2.45) is 5.92 Å². The second-order valence-corrected chi connectivity index (χ2v) is 6.71. The Labute approximate surface area is 116 Å². The minimum absolute atomic E-state index is 0.286. The van der Waals surface area contributed by atoms with Gasteiger partial charge in [-0.2, -0.15) is 0 Å². The Morgan fingerprint density at radius 3 is 2.79 bits per heavy atom. The van der Waals surface area contributed by atoms with E-state index in [4.69, 9.17) is 4.74 Å². The molecule has 1 saturated carbocycles. The van der Waals surface area contributed by atoms with E-state index in [1.165, 1.54) is 31.2 Å². The van der Waals surface area contributed by atoms with Gasteiger partial charge in [-0.25, -0.2) is 0 Å². The van der Waals surface area contributed by atoms with Gasteiger partial charge in [-0.15, -0.1) is 0 Å². The van der Waals surface area contributed by atoms with Crippen LogP contribution >= 0.6 is 0 Å². The summed E-state index contributed by atoms with van der Waals surface area (Å²) in [6.07, 6.45) is 5.27. The first-order valence-electron chi connectivity index (χ1n) is 7.40.